The lowest BCUT2D eigenvalue weighted by Crippen LogP contribution is -2.43. The Hall–Kier alpha value is -1.83. The van der Waals surface area contributed by atoms with E-state index in [4.69, 9.17) is 14.7 Å². The lowest BCUT2D eigenvalue weighted by molar-refractivity contribution is -0.158. The van der Waals surface area contributed by atoms with E-state index in [9.17, 15) is 14.4 Å². The largest absolute Gasteiger partial charge is 0.528 e. The quantitative estimate of drug-likeness (QED) is 0.728. The maximum Gasteiger partial charge on any atom is 0.528 e. The van der Waals surface area contributed by atoms with Gasteiger partial charge in [-0.1, -0.05) is 0 Å². The molecule has 8 nitrogen and oxygen atoms in total. The van der Waals surface area contributed by atoms with Gasteiger partial charge in [0.2, 0.25) is 5.91 Å². The second-order valence-corrected chi connectivity index (χ2v) is 8.43. The van der Waals surface area contributed by atoms with Crippen LogP contribution in [0.2, 0.25) is 0 Å². The normalized spacial score (nSPS) is 20.3. The number of hydrogen-bond donors (Lipinski definition) is 1. The van der Waals surface area contributed by atoms with Crippen LogP contribution >= 0.6 is 0 Å². The molecule has 0 aromatic heterocycles. The fraction of sp³-hybridized carbons (Fsp3) is 0.842. The predicted octanol–water partition coefficient (Wildman–Crippen LogP) is 2.67. The van der Waals surface area contributed by atoms with Crippen LogP contribution in [0.15, 0.2) is 0 Å². The number of nitrogens with zero attached hydrogens (tertiary/aromatic N) is 2. The van der Waals surface area contributed by atoms with E-state index in [1.807, 2.05) is 0 Å². The summed E-state index contributed by atoms with van der Waals surface area (Å²) in [5.41, 5.74) is -0.564. The first-order valence-electron chi connectivity index (χ1n) is 9.79. The van der Waals surface area contributed by atoms with Crippen molar-refractivity contribution in [1.29, 1.82) is 0 Å². The number of piperidine rings is 2. The third-order valence-electron chi connectivity index (χ3n) is 5.20. The molecule has 0 aliphatic carbocycles. The fourth-order valence-corrected chi connectivity index (χ4v) is 3.80. The summed E-state index contributed by atoms with van der Waals surface area (Å²) in [6.45, 7) is 8.22. The Labute approximate surface area is 160 Å². The van der Waals surface area contributed by atoms with Gasteiger partial charge in [0, 0.05) is 32.6 Å². The molecular formula is C19H32N2O6. The number of carboxylic acid groups (broad SMARTS) is 1. The van der Waals surface area contributed by atoms with Crippen molar-refractivity contribution in [2.24, 2.45) is 11.8 Å². The topological polar surface area (TPSA) is 96.4 Å². The minimum absolute atomic E-state index is 0.0589. The fourth-order valence-electron chi connectivity index (χ4n) is 3.80. The first kappa shape index (κ1) is 21.5. The van der Waals surface area contributed by atoms with E-state index in [1.165, 1.54) is 0 Å². The summed E-state index contributed by atoms with van der Waals surface area (Å²) < 4.78 is 5.18. The monoisotopic (exact) mass is 384 g/mol. The average Bonchev–Trinajstić information content (AvgIpc) is 2.59. The number of carbonyl (C=O) groups is 3. The highest BCUT2D eigenvalue weighted by atomic mass is 16.8. The summed E-state index contributed by atoms with van der Waals surface area (Å²) in [6, 6.07) is 0. The minimum atomic E-state index is -0.932. The number of likely N-dealkylation sites (tertiary alicyclic amines) is 1. The van der Waals surface area contributed by atoms with E-state index in [0.717, 1.165) is 25.7 Å². The third-order valence-corrected chi connectivity index (χ3v) is 5.20. The Morgan fingerprint density at radius 1 is 0.926 bits per heavy atom. The summed E-state index contributed by atoms with van der Waals surface area (Å²) in [6.07, 6.45) is 3.15. The molecule has 2 aliphatic heterocycles. The molecule has 0 unspecified atom stereocenters. The molecule has 0 aromatic rings. The van der Waals surface area contributed by atoms with Crippen molar-refractivity contribution in [2.45, 2.75) is 64.9 Å². The molecule has 2 saturated heterocycles. The first-order chi connectivity index (χ1) is 12.6. The number of rotatable bonds is 5. The highest BCUT2D eigenvalue weighted by molar-refractivity contribution is 5.80. The van der Waals surface area contributed by atoms with Crippen molar-refractivity contribution < 1.29 is 29.1 Å². The summed E-state index contributed by atoms with van der Waals surface area (Å²) in [5, 5.41) is 10.4. The zero-order valence-corrected chi connectivity index (χ0v) is 16.6. The van der Waals surface area contributed by atoms with Gasteiger partial charge in [-0.05, 0) is 58.3 Å². The van der Waals surface area contributed by atoms with Gasteiger partial charge in [0.05, 0.1) is 6.42 Å². The average molecular weight is 384 g/mol. The number of hydrogen-bond acceptors (Lipinski definition) is 6. The van der Waals surface area contributed by atoms with E-state index >= 15 is 0 Å². The van der Waals surface area contributed by atoms with Crippen LogP contribution in [0.25, 0.3) is 0 Å². The summed E-state index contributed by atoms with van der Waals surface area (Å²) >= 11 is 0. The molecule has 2 heterocycles. The van der Waals surface area contributed by atoms with Crippen LogP contribution in [0.1, 0.15) is 59.3 Å². The van der Waals surface area contributed by atoms with E-state index in [-0.39, 0.29) is 18.7 Å². The highest BCUT2D eigenvalue weighted by Gasteiger charge is 2.32. The van der Waals surface area contributed by atoms with E-state index in [0.29, 0.717) is 38.0 Å². The van der Waals surface area contributed by atoms with E-state index in [2.05, 4.69) is 0 Å². The van der Waals surface area contributed by atoms with Gasteiger partial charge in [0.15, 0.2) is 0 Å². The van der Waals surface area contributed by atoms with Crippen LogP contribution in [0.5, 0.6) is 0 Å². The Kier molecular flexibility index (Phi) is 7.47. The molecule has 2 fully saturated rings. The Bertz CT molecular complexity index is 529. The number of carbonyl (C=O) groups excluding carboxylic acids is 2. The number of aliphatic carboxylic acids is 1. The van der Waals surface area contributed by atoms with Gasteiger partial charge in [-0.2, -0.15) is 0 Å². The van der Waals surface area contributed by atoms with Crippen LogP contribution in [0.3, 0.4) is 0 Å². The van der Waals surface area contributed by atoms with Crippen LogP contribution in [0.4, 0.5) is 4.79 Å². The van der Waals surface area contributed by atoms with Gasteiger partial charge in [-0.25, -0.2) is 4.79 Å². The van der Waals surface area contributed by atoms with Crippen LogP contribution in [0, 0.1) is 11.8 Å². The first-order valence-corrected chi connectivity index (χ1v) is 9.79. The molecule has 0 aromatic carbocycles. The number of ether oxygens (including phenoxy) is 1. The Morgan fingerprint density at radius 2 is 1.44 bits per heavy atom. The second-order valence-electron chi connectivity index (χ2n) is 8.43. The molecule has 8 heteroatoms. The van der Waals surface area contributed by atoms with Gasteiger partial charge in [-0.15, -0.1) is 5.06 Å². The van der Waals surface area contributed by atoms with Gasteiger partial charge >= 0.3 is 12.1 Å². The molecule has 0 radical (unpaired) electrons. The van der Waals surface area contributed by atoms with Crippen LogP contribution in [-0.2, 0) is 19.2 Å². The van der Waals surface area contributed by atoms with Crippen molar-refractivity contribution >= 4 is 18.0 Å². The molecule has 154 valence electrons. The van der Waals surface area contributed by atoms with Crippen molar-refractivity contribution in [1.82, 2.24) is 9.96 Å². The van der Waals surface area contributed by atoms with Crippen LogP contribution < -0.4 is 0 Å². The summed E-state index contributed by atoms with van der Waals surface area (Å²) in [4.78, 5) is 41.4. The van der Waals surface area contributed by atoms with Gasteiger partial charge in [-0.3, -0.25) is 9.59 Å². The predicted molar refractivity (Wildman–Crippen MR) is 97.8 cm³/mol. The molecule has 2 rings (SSSR count). The van der Waals surface area contributed by atoms with Crippen molar-refractivity contribution in [3.63, 3.8) is 0 Å². The summed E-state index contributed by atoms with van der Waals surface area (Å²) in [5.74, 6) is 0.145. The van der Waals surface area contributed by atoms with Crippen molar-refractivity contribution in [3.8, 4) is 0 Å². The second kappa shape index (κ2) is 9.39. The molecule has 0 spiro atoms. The third kappa shape index (κ3) is 7.36. The zero-order chi connectivity index (χ0) is 20.0. The van der Waals surface area contributed by atoms with E-state index in [1.54, 1.807) is 30.7 Å². The van der Waals surface area contributed by atoms with E-state index < -0.39 is 17.7 Å². The van der Waals surface area contributed by atoms with Crippen molar-refractivity contribution in [3.05, 3.63) is 0 Å². The Balaban J connectivity index is 1.68. The molecule has 1 amide bonds. The van der Waals surface area contributed by atoms with Gasteiger partial charge in [0.25, 0.3) is 0 Å². The van der Waals surface area contributed by atoms with Crippen molar-refractivity contribution in [2.75, 3.05) is 26.2 Å². The maximum absolute atomic E-state index is 12.0. The number of carboxylic acids is 1. The Morgan fingerprint density at radius 3 is 1.93 bits per heavy atom. The zero-order valence-electron chi connectivity index (χ0n) is 16.6. The standard InChI is InChI=1S/C19H32N2O6/c1-19(2,3)26-18(25)27-21-12-8-15(9-13-21)14-6-10-20(11-7-14)16(22)4-5-17(23)24/h14-15H,4-13H2,1-3H3,(H,23,24). The van der Waals surface area contributed by atoms with Gasteiger partial charge in [0.1, 0.15) is 5.60 Å². The molecule has 0 atom stereocenters. The molecule has 0 saturated carbocycles. The molecule has 27 heavy (non-hydrogen) atoms. The molecule has 1 N–H and O–H groups in total. The molecular weight excluding hydrogens is 352 g/mol. The number of hydroxylamine groups is 2. The van der Waals surface area contributed by atoms with Gasteiger partial charge < -0.3 is 19.6 Å². The smallest absolute Gasteiger partial charge is 0.481 e. The minimum Gasteiger partial charge on any atom is -0.481 e. The lowest BCUT2D eigenvalue weighted by atomic mass is 9.79. The number of amides is 1. The maximum atomic E-state index is 12.0. The van der Waals surface area contributed by atoms with Crippen LogP contribution in [-0.4, -0.2) is 64.9 Å². The highest BCUT2D eigenvalue weighted by Crippen LogP contribution is 2.32. The molecule has 2 aliphatic rings. The summed E-state index contributed by atoms with van der Waals surface area (Å²) in [7, 11) is 0. The molecule has 0 bridgehead atoms. The lowest BCUT2D eigenvalue weighted by Gasteiger charge is -2.39. The SMILES string of the molecule is CC(C)(C)OC(=O)ON1CCC(C2CCN(C(=O)CCC(=O)O)CC2)CC1.